The second-order valence-corrected chi connectivity index (χ2v) is 6.53. The molecule has 0 fully saturated rings. The molecule has 1 heterocycles. The van der Waals surface area contributed by atoms with Crippen LogP contribution >= 0.6 is 0 Å². The lowest BCUT2D eigenvalue weighted by Gasteiger charge is -2.09. The van der Waals surface area contributed by atoms with Gasteiger partial charge in [-0.2, -0.15) is 5.10 Å². The molecule has 1 amide bonds. The molecule has 6 heteroatoms. The summed E-state index contributed by atoms with van der Waals surface area (Å²) in [6.45, 7) is 0. The fourth-order valence-corrected chi connectivity index (χ4v) is 3.13. The minimum Gasteiger partial charge on any atom is -0.465 e. The highest BCUT2D eigenvalue weighted by molar-refractivity contribution is 6.10. The summed E-state index contributed by atoms with van der Waals surface area (Å²) >= 11 is 0. The Morgan fingerprint density at radius 2 is 1.47 bits per heavy atom. The lowest BCUT2D eigenvalue weighted by molar-refractivity contribution is 0.0602. The smallest absolute Gasteiger partial charge is 0.339 e. The Balaban J connectivity index is 1.76. The third kappa shape index (κ3) is 3.84. The van der Waals surface area contributed by atoms with Gasteiger partial charge in [0, 0.05) is 11.8 Å². The molecule has 4 rings (SSSR count). The second-order valence-electron chi connectivity index (χ2n) is 6.53. The zero-order valence-electron chi connectivity index (χ0n) is 16.3. The maximum absolute atomic E-state index is 13.2. The van der Waals surface area contributed by atoms with Gasteiger partial charge in [-0.15, -0.1) is 0 Å². The van der Waals surface area contributed by atoms with Gasteiger partial charge in [-0.1, -0.05) is 60.7 Å². The summed E-state index contributed by atoms with van der Waals surface area (Å²) in [5.41, 5.74) is 3.25. The minimum absolute atomic E-state index is 0.282. The number of carbonyl (C=O) groups is 2. The van der Waals surface area contributed by atoms with E-state index in [0.717, 1.165) is 11.3 Å². The lowest BCUT2D eigenvalue weighted by Crippen LogP contribution is -2.15. The second kappa shape index (κ2) is 8.45. The molecule has 0 atom stereocenters. The molecule has 0 aliphatic rings. The number of hydrogen-bond donors (Lipinski definition) is 1. The van der Waals surface area contributed by atoms with Crippen molar-refractivity contribution in [3.63, 3.8) is 0 Å². The van der Waals surface area contributed by atoms with Crippen molar-refractivity contribution >= 4 is 17.6 Å². The molecule has 6 nitrogen and oxygen atoms in total. The molecule has 0 saturated heterocycles. The highest BCUT2D eigenvalue weighted by Crippen LogP contribution is 2.25. The topological polar surface area (TPSA) is 73.2 Å². The summed E-state index contributed by atoms with van der Waals surface area (Å²) < 4.78 is 6.48. The predicted molar refractivity (Wildman–Crippen MR) is 115 cm³/mol. The van der Waals surface area contributed by atoms with E-state index in [1.165, 1.54) is 7.11 Å². The molecular weight excluding hydrogens is 378 g/mol. The maximum Gasteiger partial charge on any atom is 0.339 e. The maximum atomic E-state index is 13.2. The number of nitrogens with zero attached hydrogens (tertiary/aromatic N) is 2. The van der Waals surface area contributed by atoms with E-state index in [2.05, 4.69) is 10.4 Å². The van der Waals surface area contributed by atoms with Gasteiger partial charge in [0.15, 0.2) is 0 Å². The van der Waals surface area contributed by atoms with Crippen LogP contribution in [0.4, 0.5) is 5.69 Å². The van der Waals surface area contributed by atoms with Crippen LogP contribution in [0.3, 0.4) is 0 Å². The first-order valence-electron chi connectivity index (χ1n) is 9.36. The quantitative estimate of drug-likeness (QED) is 0.501. The summed E-state index contributed by atoms with van der Waals surface area (Å²) in [7, 11) is 1.30. The molecule has 0 aliphatic heterocycles. The van der Waals surface area contributed by atoms with Crippen LogP contribution in [0.5, 0.6) is 0 Å². The average Bonchev–Trinajstić information content (AvgIpc) is 3.26. The van der Waals surface area contributed by atoms with Crippen LogP contribution in [0.2, 0.25) is 0 Å². The van der Waals surface area contributed by atoms with Crippen molar-refractivity contribution in [2.45, 2.75) is 0 Å². The molecule has 148 valence electrons. The fourth-order valence-electron chi connectivity index (χ4n) is 3.13. The van der Waals surface area contributed by atoms with Crippen LogP contribution in [0.1, 0.15) is 20.7 Å². The van der Waals surface area contributed by atoms with Crippen LogP contribution < -0.4 is 5.32 Å². The van der Waals surface area contributed by atoms with E-state index in [1.807, 2.05) is 60.7 Å². The van der Waals surface area contributed by atoms with Gasteiger partial charge >= 0.3 is 5.97 Å². The monoisotopic (exact) mass is 397 g/mol. The van der Waals surface area contributed by atoms with E-state index < -0.39 is 5.97 Å². The van der Waals surface area contributed by atoms with Gasteiger partial charge in [-0.3, -0.25) is 4.79 Å². The van der Waals surface area contributed by atoms with Crippen LogP contribution in [0.15, 0.2) is 91.1 Å². The third-order valence-corrected chi connectivity index (χ3v) is 4.61. The number of esters is 1. The molecule has 1 N–H and O–H groups in total. The van der Waals surface area contributed by atoms with E-state index in [-0.39, 0.29) is 11.5 Å². The molecule has 0 unspecified atom stereocenters. The largest absolute Gasteiger partial charge is 0.465 e. The molecule has 3 aromatic carbocycles. The number of carbonyl (C=O) groups excluding carboxylic acids is 2. The number of methoxy groups -OCH3 is 1. The number of benzene rings is 3. The van der Waals surface area contributed by atoms with Crippen LogP contribution in [-0.4, -0.2) is 28.8 Å². The van der Waals surface area contributed by atoms with Crippen molar-refractivity contribution in [3.05, 3.63) is 102 Å². The van der Waals surface area contributed by atoms with Crippen LogP contribution in [0.25, 0.3) is 16.9 Å². The SMILES string of the molecule is COC(=O)c1ccccc1NC(=O)c1cn(-c2ccccc2)nc1-c1ccccc1. The van der Waals surface area contributed by atoms with Crippen molar-refractivity contribution in [1.82, 2.24) is 9.78 Å². The summed E-state index contributed by atoms with van der Waals surface area (Å²) in [5.74, 6) is -0.887. The summed E-state index contributed by atoms with van der Waals surface area (Å²) in [4.78, 5) is 25.2. The summed E-state index contributed by atoms with van der Waals surface area (Å²) in [5, 5.41) is 7.48. The number of para-hydroxylation sites is 2. The molecule has 30 heavy (non-hydrogen) atoms. The zero-order valence-corrected chi connectivity index (χ0v) is 16.3. The Kier molecular flexibility index (Phi) is 5.39. The third-order valence-electron chi connectivity index (χ3n) is 4.61. The van der Waals surface area contributed by atoms with Gasteiger partial charge in [0.25, 0.3) is 5.91 Å². The van der Waals surface area contributed by atoms with Gasteiger partial charge < -0.3 is 10.1 Å². The van der Waals surface area contributed by atoms with Gasteiger partial charge in [0.05, 0.1) is 29.6 Å². The molecule has 0 bridgehead atoms. The van der Waals surface area contributed by atoms with E-state index in [1.54, 1.807) is 35.1 Å². The van der Waals surface area contributed by atoms with Crippen LogP contribution in [-0.2, 0) is 4.74 Å². The molecule has 0 radical (unpaired) electrons. The van der Waals surface area contributed by atoms with E-state index in [0.29, 0.717) is 16.9 Å². The first-order chi connectivity index (χ1) is 14.7. The highest BCUT2D eigenvalue weighted by Gasteiger charge is 2.21. The van der Waals surface area contributed by atoms with E-state index in [4.69, 9.17) is 4.74 Å². The Morgan fingerprint density at radius 3 is 2.17 bits per heavy atom. The predicted octanol–water partition coefficient (Wildman–Crippen LogP) is 4.58. The first kappa shape index (κ1) is 19.1. The number of ether oxygens (including phenoxy) is 1. The lowest BCUT2D eigenvalue weighted by atomic mass is 10.1. The average molecular weight is 397 g/mol. The van der Waals surface area contributed by atoms with E-state index >= 15 is 0 Å². The normalized spacial score (nSPS) is 10.4. The van der Waals surface area contributed by atoms with Gasteiger partial charge in [-0.05, 0) is 24.3 Å². The Hall–Kier alpha value is -4.19. The Morgan fingerprint density at radius 1 is 0.833 bits per heavy atom. The number of nitrogens with one attached hydrogen (secondary N) is 1. The van der Waals surface area contributed by atoms with Crippen molar-refractivity contribution in [1.29, 1.82) is 0 Å². The highest BCUT2D eigenvalue weighted by atomic mass is 16.5. The first-order valence-corrected chi connectivity index (χ1v) is 9.36. The minimum atomic E-state index is -0.519. The number of amides is 1. The molecular formula is C24H19N3O3. The van der Waals surface area contributed by atoms with Gasteiger partial charge in [0.1, 0.15) is 5.69 Å². The number of aromatic nitrogens is 2. The van der Waals surface area contributed by atoms with Gasteiger partial charge in [-0.25, -0.2) is 9.48 Å². The van der Waals surface area contributed by atoms with Crippen molar-refractivity contribution in [2.24, 2.45) is 0 Å². The number of anilines is 1. The van der Waals surface area contributed by atoms with Crippen molar-refractivity contribution in [2.75, 3.05) is 12.4 Å². The van der Waals surface area contributed by atoms with E-state index in [9.17, 15) is 9.59 Å². The molecule has 0 saturated carbocycles. The molecule has 4 aromatic rings. The number of hydrogen-bond acceptors (Lipinski definition) is 4. The Bertz CT molecular complexity index is 1180. The fraction of sp³-hybridized carbons (Fsp3) is 0.0417. The molecule has 0 aliphatic carbocycles. The summed E-state index contributed by atoms with van der Waals surface area (Å²) in [6.07, 6.45) is 1.69. The van der Waals surface area contributed by atoms with Gasteiger partial charge in [0.2, 0.25) is 0 Å². The summed E-state index contributed by atoms with van der Waals surface area (Å²) in [6, 6.07) is 25.8. The van der Waals surface area contributed by atoms with Crippen LogP contribution in [0, 0.1) is 0 Å². The zero-order chi connectivity index (χ0) is 20.9. The number of rotatable bonds is 5. The molecule has 1 aromatic heterocycles. The Labute approximate surface area is 173 Å². The standard InChI is InChI=1S/C24H19N3O3/c1-30-24(29)19-14-8-9-15-21(19)25-23(28)20-16-27(18-12-6-3-7-13-18)26-22(20)17-10-4-2-5-11-17/h2-16H,1H3,(H,25,28). The molecule has 0 spiro atoms. The van der Waals surface area contributed by atoms with Crippen molar-refractivity contribution in [3.8, 4) is 16.9 Å². The van der Waals surface area contributed by atoms with Crippen molar-refractivity contribution < 1.29 is 14.3 Å².